The lowest BCUT2D eigenvalue weighted by Gasteiger charge is -2.53. The van der Waals surface area contributed by atoms with Crippen molar-refractivity contribution in [2.75, 3.05) is 13.2 Å². The molecule has 0 saturated carbocycles. The van der Waals surface area contributed by atoms with Crippen LogP contribution in [0.5, 0.6) is 0 Å². The van der Waals surface area contributed by atoms with Gasteiger partial charge in [0, 0.05) is 60.7 Å². The Kier molecular flexibility index (Phi) is 15.6. The van der Waals surface area contributed by atoms with Crippen molar-refractivity contribution in [3.05, 3.63) is 0 Å². The molecule has 8 nitrogen and oxygen atoms in total. The third kappa shape index (κ3) is 12.5. The highest BCUT2D eigenvalue weighted by Gasteiger charge is 2.49. The van der Waals surface area contributed by atoms with E-state index in [0.717, 1.165) is 51.7 Å². The standard InChI is InChI=1S/C36H68N2O6/c1-11-13-15-19-23-41-37-33(3,4)25-29(26-34(37,5)6)43-31(39)21-17-18-22-32(40)44-30-27-35(7,8)38(36(9,10)28-30)42-24-20-16-14-12-2/h29-30H,11-28H2,1-10H3. The van der Waals surface area contributed by atoms with Gasteiger partial charge < -0.3 is 9.47 Å². The molecule has 2 heterocycles. The number of hydrogen-bond acceptors (Lipinski definition) is 8. The van der Waals surface area contributed by atoms with E-state index in [9.17, 15) is 9.59 Å². The summed E-state index contributed by atoms with van der Waals surface area (Å²) in [6.07, 6.45) is 13.9. The Morgan fingerprint density at radius 2 is 0.841 bits per heavy atom. The van der Waals surface area contributed by atoms with E-state index in [1.54, 1.807) is 0 Å². The zero-order valence-electron chi connectivity index (χ0n) is 30.2. The second-order valence-corrected chi connectivity index (χ2v) is 15.9. The van der Waals surface area contributed by atoms with Crippen molar-refractivity contribution >= 4 is 11.9 Å². The smallest absolute Gasteiger partial charge is 0.306 e. The summed E-state index contributed by atoms with van der Waals surface area (Å²) in [4.78, 5) is 38.0. The minimum Gasteiger partial charge on any atom is -0.462 e. The molecule has 0 bridgehead atoms. The zero-order chi connectivity index (χ0) is 33.0. The first-order chi connectivity index (χ1) is 20.5. The molecule has 2 saturated heterocycles. The van der Waals surface area contributed by atoms with Crippen LogP contribution in [0, 0.1) is 0 Å². The molecule has 0 aliphatic carbocycles. The van der Waals surface area contributed by atoms with Gasteiger partial charge in [0.1, 0.15) is 12.2 Å². The van der Waals surface area contributed by atoms with E-state index in [-0.39, 0.29) is 46.3 Å². The van der Waals surface area contributed by atoms with E-state index in [1.807, 2.05) is 0 Å². The third-order valence-electron chi connectivity index (χ3n) is 9.15. The van der Waals surface area contributed by atoms with Crippen molar-refractivity contribution in [1.29, 1.82) is 0 Å². The average Bonchev–Trinajstić information content (AvgIpc) is 2.87. The van der Waals surface area contributed by atoms with Crippen LogP contribution in [-0.2, 0) is 28.7 Å². The maximum Gasteiger partial charge on any atom is 0.306 e. The summed E-state index contributed by atoms with van der Waals surface area (Å²) in [6, 6.07) is 0. The highest BCUT2D eigenvalue weighted by Crippen LogP contribution is 2.41. The number of esters is 2. The minimum absolute atomic E-state index is 0.143. The Morgan fingerprint density at radius 1 is 0.523 bits per heavy atom. The molecule has 44 heavy (non-hydrogen) atoms. The Bertz CT molecular complexity index is 765. The van der Waals surface area contributed by atoms with Crippen LogP contribution in [0.3, 0.4) is 0 Å². The molecule has 0 N–H and O–H groups in total. The molecule has 8 heteroatoms. The molecule has 2 fully saturated rings. The van der Waals surface area contributed by atoms with Gasteiger partial charge in [0.2, 0.25) is 0 Å². The molecule has 0 aromatic rings. The number of hydrogen-bond donors (Lipinski definition) is 0. The van der Waals surface area contributed by atoms with E-state index in [2.05, 4.69) is 79.4 Å². The Hall–Kier alpha value is -1.22. The maximum atomic E-state index is 12.7. The van der Waals surface area contributed by atoms with Gasteiger partial charge in [0.25, 0.3) is 0 Å². The molecule has 2 aliphatic heterocycles. The fourth-order valence-electron chi connectivity index (χ4n) is 7.61. The molecule has 0 aromatic heterocycles. The van der Waals surface area contributed by atoms with Gasteiger partial charge in [-0.3, -0.25) is 19.3 Å². The molecule has 0 radical (unpaired) electrons. The molecule has 258 valence electrons. The van der Waals surface area contributed by atoms with Gasteiger partial charge in [-0.15, -0.1) is 0 Å². The predicted molar refractivity (Wildman–Crippen MR) is 177 cm³/mol. The van der Waals surface area contributed by atoms with Gasteiger partial charge >= 0.3 is 11.9 Å². The highest BCUT2D eigenvalue weighted by molar-refractivity contribution is 5.71. The van der Waals surface area contributed by atoms with Crippen molar-refractivity contribution in [2.24, 2.45) is 0 Å². The topological polar surface area (TPSA) is 77.5 Å². The summed E-state index contributed by atoms with van der Waals surface area (Å²) >= 11 is 0. The van der Waals surface area contributed by atoms with Crippen LogP contribution < -0.4 is 0 Å². The summed E-state index contributed by atoms with van der Waals surface area (Å²) in [5, 5.41) is 4.27. The molecular formula is C36H68N2O6. The number of carbonyl (C=O) groups is 2. The first-order valence-corrected chi connectivity index (χ1v) is 17.8. The second-order valence-electron chi connectivity index (χ2n) is 15.9. The van der Waals surface area contributed by atoms with Gasteiger partial charge in [0.05, 0.1) is 13.2 Å². The SMILES string of the molecule is CCCCCCON1C(C)(C)CC(OC(=O)CCCCC(=O)OC2CC(C)(C)N(OCCCCCC)C(C)(C)C2)CC1(C)C. The molecule has 2 aliphatic rings. The van der Waals surface area contributed by atoms with Crippen molar-refractivity contribution in [3.8, 4) is 0 Å². The predicted octanol–water partition coefficient (Wildman–Crippen LogP) is 8.70. The van der Waals surface area contributed by atoms with Crippen LogP contribution in [0.2, 0.25) is 0 Å². The quantitative estimate of drug-likeness (QED) is 0.104. The Labute approximate surface area is 270 Å². The highest BCUT2D eigenvalue weighted by atomic mass is 16.7. The number of rotatable bonds is 19. The van der Waals surface area contributed by atoms with Crippen molar-refractivity contribution in [1.82, 2.24) is 10.1 Å². The molecule has 2 rings (SSSR count). The first-order valence-electron chi connectivity index (χ1n) is 17.8. The molecule has 0 unspecified atom stereocenters. The third-order valence-corrected chi connectivity index (χ3v) is 9.15. The monoisotopic (exact) mass is 625 g/mol. The summed E-state index contributed by atoms with van der Waals surface area (Å²) in [7, 11) is 0. The molecule has 0 spiro atoms. The van der Waals surface area contributed by atoms with Crippen molar-refractivity contribution in [3.63, 3.8) is 0 Å². The number of nitrogens with zero attached hydrogens (tertiary/aromatic N) is 2. The van der Waals surface area contributed by atoms with Gasteiger partial charge in [-0.1, -0.05) is 52.4 Å². The van der Waals surface area contributed by atoms with Crippen molar-refractivity contribution < 1.29 is 28.7 Å². The fourth-order valence-corrected chi connectivity index (χ4v) is 7.61. The number of ether oxygens (including phenoxy) is 2. The number of unbranched alkanes of at least 4 members (excludes halogenated alkanes) is 7. The van der Waals surface area contributed by atoms with E-state index in [1.165, 1.54) is 38.5 Å². The van der Waals surface area contributed by atoms with E-state index in [0.29, 0.717) is 25.7 Å². The average molecular weight is 625 g/mol. The molecular weight excluding hydrogens is 556 g/mol. The lowest BCUT2D eigenvalue weighted by atomic mass is 9.80. The number of carbonyl (C=O) groups excluding carboxylic acids is 2. The summed E-state index contributed by atoms with van der Waals surface area (Å²) in [5.74, 6) is -0.371. The second kappa shape index (κ2) is 17.6. The first kappa shape index (κ1) is 39.0. The lowest BCUT2D eigenvalue weighted by Crippen LogP contribution is -2.62. The van der Waals surface area contributed by atoms with Crippen LogP contribution in [0.15, 0.2) is 0 Å². The van der Waals surface area contributed by atoms with E-state index >= 15 is 0 Å². The zero-order valence-corrected chi connectivity index (χ0v) is 30.2. The van der Waals surface area contributed by atoms with Gasteiger partial charge in [-0.05, 0) is 81.1 Å². The van der Waals surface area contributed by atoms with Crippen LogP contribution in [0.1, 0.15) is 172 Å². The van der Waals surface area contributed by atoms with Gasteiger partial charge in [-0.25, -0.2) is 0 Å². The van der Waals surface area contributed by atoms with Crippen LogP contribution in [0.25, 0.3) is 0 Å². The largest absolute Gasteiger partial charge is 0.462 e. The fraction of sp³-hybridized carbons (Fsp3) is 0.944. The molecule has 0 aromatic carbocycles. The van der Waals surface area contributed by atoms with Crippen LogP contribution in [0.4, 0.5) is 0 Å². The Morgan fingerprint density at radius 3 is 1.14 bits per heavy atom. The molecule has 0 amide bonds. The number of hydroxylamine groups is 4. The lowest BCUT2D eigenvalue weighted by molar-refractivity contribution is -0.293. The normalized spacial score (nSPS) is 22.1. The van der Waals surface area contributed by atoms with E-state index in [4.69, 9.17) is 19.1 Å². The van der Waals surface area contributed by atoms with Crippen LogP contribution in [-0.4, -0.2) is 69.6 Å². The summed E-state index contributed by atoms with van der Waals surface area (Å²) in [5.41, 5.74) is -0.939. The molecule has 0 atom stereocenters. The van der Waals surface area contributed by atoms with Gasteiger partial charge in [0.15, 0.2) is 0 Å². The van der Waals surface area contributed by atoms with Crippen LogP contribution >= 0.6 is 0 Å². The minimum atomic E-state index is -0.235. The maximum absolute atomic E-state index is 12.7. The van der Waals surface area contributed by atoms with Crippen molar-refractivity contribution in [2.45, 2.75) is 206 Å². The van der Waals surface area contributed by atoms with Gasteiger partial charge in [-0.2, -0.15) is 10.1 Å². The van der Waals surface area contributed by atoms with E-state index < -0.39 is 0 Å². The summed E-state index contributed by atoms with van der Waals surface area (Å²) < 4.78 is 11.9. The number of piperidine rings is 2. The Balaban J connectivity index is 1.72. The summed E-state index contributed by atoms with van der Waals surface area (Å²) in [6.45, 7) is 23.2.